The van der Waals surface area contributed by atoms with E-state index in [0.717, 1.165) is 19.3 Å². The van der Waals surface area contributed by atoms with Crippen molar-refractivity contribution in [2.24, 2.45) is 0 Å². The molecule has 1 atom stereocenters. The van der Waals surface area contributed by atoms with Crippen molar-refractivity contribution in [1.29, 1.82) is 0 Å². The van der Waals surface area contributed by atoms with E-state index < -0.39 is 12.0 Å². The quantitative estimate of drug-likeness (QED) is 0.425. The Balaban J connectivity index is 3.44. The maximum atomic E-state index is 10.4. The van der Waals surface area contributed by atoms with Crippen LogP contribution in [-0.2, 0) is 4.79 Å². The molecule has 0 aliphatic carbocycles. The van der Waals surface area contributed by atoms with Gasteiger partial charge < -0.3 is 5.11 Å². The number of hydrogen-bond acceptors (Lipinski definition) is 3. The molecular formula is C7H15NO2S. The molecule has 0 rings (SSSR count). The van der Waals surface area contributed by atoms with E-state index in [1.165, 1.54) is 0 Å². The van der Waals surface area contributed by atoms with Gasteiger partial charge in [-0.2, -0.15) is 0 Å². The minimum atomic E-state index is -0.823. The van der Waals surface area contributed by atoms with Crippen LogP contribution in [0, 0.1) is 0 Å². The Morgan fingerprint density at radius 1 is 1.64 bits per heavy atom. The van der Waals surface area contributed by atoms with Crippen LogP contribution in [0.3, 0.4) is 0 Å². The van der Waals surface area contributed by atoms with E-state index in [4.69, 9.17) is 5.11 Å². The monoisotopic (exact) mass is 177 g/mol. The zero-order chi connectivity index (χ0) is 8.69. The minimum absolute atomic E-state index is 0.495. The van der Waals surface area contributed by atoms with Crippen molar-refractivity contribution < 1.29 is 9.90 Å². The molecule has 0 heterocycles. The molecule has 3 nitrogen and oxygen atoms in total. The summed E-state index contributed by atoms with van der Waals surface area (Å²) in [5.74, 6) is -0.823. The van der Waals surface area contributed by atoms with Gasteiger partial charge in [-0.15, -0.1) is 0 Å². The van der Waals surface area contributed by atoms with Gasteiger partial charge in [0.1, 0.15) is 6.04 Å². The third kappa shape index (κ3) is 5.09. The summed E-state index contributed by atoms with van der Waals surface area (Å²) in [6, 6.07) is -0.495. The lowest BCUT2D eigenvalue weighted by molar-refractivity contribution is -0.139. The van der Waals surface area contributed by atoms with E-state index in [1.54, 1.807) is 0 Å². The molecule has 11 heavy (non-hydrogen) atoms. The van der Waals surface area contributed by atoms with E-state index in [1.807, 2.05) is 0 Å². The first-order valence-corrected chi connectivity index (χ1v) is 4.29. The smallest absolute Gasteiger partial charge is 0.321 e. The Bertz CT molecular complexity index is 119. The molecule has 4 heteroatoms. The van der Waals surface area contributed by atoms with E-state index in [2.05, 4.69) is 24.5 Å². The fourth-order valence-electron chi connectivity index (χ4n) is 0.842. The summed E-state index contributed by atoms with van der Waals surface area (Å²) in [7, 11) is 0. The predicted octanol–water partition coefficient (Wildman–Crippen LogP) is 1.45. The molecule has 0 aromatic heterocycles. The Morgan fingerprint density at radius 2 is 2.27 bits per heavy atom. The van der Waals surface area contributed by atoms with E-state index in [9.17, 15) is 4.79 Å². The lowest BCUT2D eigenvalue weighted by atomic mass is 10.1. The number of carbonyl (C=O) groups is 1. The highest BCUT2D eigenvalue weighted by atomic mass is 32.1. The first-order chi connectivity index (χ1) is 5.22. The average molecular weight is 177 g/mol. The van der Waals surface area contributed by atoms with Crippen molar-refractivity contribution in [3.05, 3.63) is 0 Å². The Labute approximate surface area is 72.7 Å². The van der Waals surface area contributed by atoms with Gasteiger partial charge in [-0.1, -0.05) is 39.0 Å². The standard InChI is InChI=1S/C7H15NO2S/c1-2-3-4-5-6(8-11)7(9)10/h6,8,11H,2-5H2,1H3,(H,9,10)/t6-/m0/s1. The van der Waals surface area contributed by atoms with Crippen LogP contribution in [-0.4, -0.2) is 17.1 Å². The third-order valence-electron chi connectivity index (χ3n) is 1.55. The Hall–Kier alpha value is -0.220. The van der Waals surface area contributed by atoms with Crippen LogP contribution in [0.15, 0.2) is 0 Å². The molecule has 0 saturated heterocycles. The number of thiol groups is 1. The summed E-state index contributed by atoms with van der Waals surface area (Å²) in [5.41, 5.74) is 0. The topological polar surface area (TPSA) is 49.3 Å². The van der Waals surface area contributed by atoms with Gasteiger partial charge in [0, 0.05) is 0 Å². The molecule has 66 valence electrons. The maximum absolute atomic E-state index is 10.4. The number of rotatable bonds is 6. The van der Waals surface area contributed by atoms with Gasteiger partial charge >= 0.3 is 5.97 Å². The van der Waals surface area contributed by atoms with Gasteiger partial charge in [-0.3, -0.25) is 9.52 Å². The van der Waals surface area contributed by atoms with E-state index in [0.29, 0.717) is 6.42 Å². The first kappa shape index (κ1) is 10.8. The molecule has 0 aromatic rings. The summed E-state index contributed by atoms with van der Waals surface area (Å²) in [4.78, 5) is 10.4. The lowest BCUT2D eigenvalue weighted by Crippen LogP contribution is -2.30. The molecule has 0 saturated carbocycles. The molecule has 0 spiro atoms. The van der Waals surface area contributed by atoms with Crippen LogP contribution >= 0.6 is 12.8 Å². The molecule has 0 aromatic carbocycles. The zero-order valence-corrected chi connectivity index (χ0v) is 7.60. The summed E-state index contributed by atoms with van der Waals surface area (Å²) >= 11 is 3.73. The van der Waals surface area contributed by atoms with Crippen LogP contribution < -0.4 is 4.72 Å². The number of hydrogen-bond donors (Lipinski definition) is 3. The molecule has 0 bridgehead atoms. The largest absolute Gasteiger partial charge is 0.480 e. The summed E-state index contributed by atoms with van der Waals surface area (Å²) in [5, 5.41) is 8.56. The highest BCUT2D eigenvalue weighted by Crippen LogP contribution is 2.03. The van der Waals surface area contributed by atoms with E-state index in [-0.39, 0.29) is 0 Å². The van der Waals surface area contributed by atoms with Crippen molar-refractivity contribution in [1.82, 2.24) is 4.72 Å². The molecule has 2 N–H and O–H groups in total. The van der Waals surface area contributed by atoms with E-state index >= 15 is 0 Å². The lowest BCUT2D eigenvalue weighted by Gasteiger charge is -2.08. The van der Waals surface area contributed by atoms with Gasteiger partial charge in [0.25, 0.3) is 0 Å². The minimum Gasteiger partial charge on any atom is -0.480 e. The fraction of sp³-hybridized carbons (Fsp3) is 0.857. The van der Waals surface area contributed by atoms with Gasteiger partial charge in [0.05, 0.1) is 0 Å². The summed E-state index contributed by atoms with van der Waals surface area (Å²) in [6.45, 7) is 2.09. The van der Waals surface area contributed by atoms with Gasteiger partial charge in [-0.25, -0.2) is 0 Å². The Kier molecular flexibility index (Phi) is 6.36. The number of unbranched alkanes of at least 4 members (excludes halogenated alkanes) is 2. The van der Waals surface area contributed by atoms with Crippen LogP contribution in [0.5, 0.6) is 0 Å². The molecular weight excluding hydrogens is 162 g/mol. The second-order valence-corrected chi connectivity index (χ2v) is 2.77. The normalized spacial score (nSPS) is 12.9. The zero-order valence-electron chi connectivity index (χ0n) is 6.71. The molecule has 0 unspecified atom stereocenters. The van der Waals surface area contributed by atoms with Crippen molar-refractivity contribution in [2.75, 3.05) is 0 Å². The Morgan fingerprint density at radius 3 is 2.64 bits per heavy atom. The number of nitrogens with one attached hydrogen (secondary N) is 1. The molecule has 0 amide bonds. The molecule has 0 aliphatic heterocycles. The second-order valence-electron chi connectivity index (χ2n) is 2.52. The molecule has 0 fully saturated rings. The van der Waals surface area contributed by atoms with Crippen LogP contribution in [0.1, 0.15) is 32.6 Å². The number of aliphatic carboxylic acids is 1. The fourth-order valence-corrected chi connectivity index (χ4v) is 1.08. The maximum Gasteiger partial charge on any atom is 0.321 e. The summed E-state index contributed by atoms with van der Waals surface area (Å²) in [6.07, 6.45) is 3.80. The average Bonchev–Trinajstić information content (AvgIpc) is 1.97. The third-order valence-corrected chi connectivity index (χ3v) is 1.86. The van der Waals surface area contributed by atoms with Crippen LogP contribution in [0.25, 0.3) is 0 Å². The van der Waals surface area contributed by atoms with Crippen molar-refractivity contribution in [3.8, 4) is 0 Å². The predicted molar refractivity (Wildman–Crippen MR) is 47.7 cm³/mol. The first-order valence-electron chi connectivity index (χ1n) is 3.84. The molecule has 0 aliphatic rings. The van der Waals surface area contributed by atoms with Crippen molar-refractivity contribution in [3.63, 3.8) is 0 Å². The summed E-state index contributed by atoms with van der Waals surface area (Å²) < 4.78 is 2.46. The van der Waals surface area contributed by atoms with Crippen molar-refractivity contribution >= 4 is 18.8 Å². The van der Waals surface area contributed by atoms with Gasteiger partial charge in [0.15, 0.2) is 0 Å². The number of carboxylic acid groups (broad SMARTS) is 1. The highest BCUT2D eigenvalue weighted by molar-refractivity contribution is 7.78. The van der Waals surface area contributed by atoms with Crippen LogP contribution in [0.4, 0.5) is 0 Å². The second kappa shape index (κ2) is 6.49. The van der Waals surface area contributed by atoms with Gasteiger partial charge in [0.2, 0.25) is 0 Å². The number of carboxylic acids is 1. The van der Waals surface area contributed by atoms with Crippen molar-refractivity contribution in [2.45, 2.75) is 38.6 Å². The SMILES string of the molecule is CCCCC[C@H](NS)C(=O)O. The highest BCUT2D eigenvalue weighted by Gasteiger charge is 2.13. The van der Waals surface area contributed by atoms with Gasteiger partial charge in [-0.05, 0) is 6.42 Å². The van der Waals surface area contributed by atoms with Crippen LogP contribution in [0.2, 0.25) is 0 Å². The molecule has 0 radical (unpaired) electrons.